The molecule has 1 saturated carbocycles. The molecule has 0 unspecified atom stereocenters. The molecule has 1 amide bonds. The lowest BCUT2D eigenvalue weighted by molar-refractivity contribution is 0.0923. The lowest BCUT2D eigenvalue weighted by Crippen LogP contribution is -2.37. The maximum Gasteiger partial charge on any atom is 0.251 e. The SMILES string of the molecule is CC1CCC(NC(=O)c2cc(N)nc(Cl)c2)CC1. The van der Waals surface area contributed by atoms with Crippen molar-refractivity contribution in [1.82, 2.24) is 10.3 Å². The zero-order chi connectivity index (χ0) is 13.1. The van der Waals surface area contributed by atoms with E-state index in [0.717, 1.165) is 18.8 Å². The first-order valence-electron chi connectivity index (χ1n) is 6.28. The lowest BCUT2D eigenvalue weighted by atomic mass is 9.87. The highest BCUT2D eigenvalue weighted by atomic mass is 35.5. The summed E-state index contributed by atoms with van der Waals surface area (Å²) in [6.07, 6.45) is 4.43. The highest BCUT2D eigenvalue weighted by Crippen LogP contribution is 2.23. The maximum absolute atomic E-state index is 12.0. The number of hydrogen-bond donors (Lipinski definition) is 2. The van der Waals surface area contributed by atoms with E-state index in [-0.39, 0.29) is 22.9 Å². The zero-order valence-electron chi connectivity index (χ0n) is 10.4. The van der Waals surface area contributed by atoms with Gasteiger partial charge in [-0.3, -0.25) is 4.79 Å². The summed E-state index contributed by atoms with van der Waals surface area (Å²) in [7, 11) is 0. The summed E-state index contributed by atoms with van der Waals surface area (Å²) in [5.41, 5.74) is 6.05. The number of carbonyl (C=O) groups is 1. The van der Waals surface area contributed by atoms with Gasteiger partial charge in [0.2, 0.25) is 0 Å². The van der Waals surface area contributed by atoms with Gasteiger partial charge in [0.15, 0.2) is 0 Å². The first-order valence-corrected chi connectivity index (χ1v) is 6.66. The third-order valence-corrected chi connectivity index (χ3v) is 3.62. The number of nitrogens with two attached hydrogens (primary N) is 1. The van der Waals surface area contributed by atoms with Crippen LogP contribution in [0.4, 0.5) is 5.82 Å². The van der Waals surface area contributed by atoms with Gasteiger partial charge < -0.3 is 11.1 Å². The van der Waals surface area contributed by atoms with E-state index in [4.69, 9.17) is 17.3 Å². The highest BCUT2D eigenvalue weighted by Gasteiger charge is 2.20. The number of aromatic nitrogens is 1. The molecule has 1 aliphatic carbocycles. The number of hydrogen-bond acceptors (Lipinski definition) is 3. The second-order valence-corrected chi connectivity index (χ2v) is 5.42. The molecule has 98 valence electrons. The molecule has 0 bridgehead atoms. The van der Waals surface area contributed by atoms with Gasteiger partial charge in [0.25, 0.3) is 5.91 Å². The van der Waals surface area contributed by atoms with Crippen molar-refractivity contribution in [2.75, 3.05) is 5.73 Å². The summed E-state index contributed by atoms with van der Waals surface area (Å²) in [5, 5.41) is 3.28. The molecule has 0 atom stereocenters. The number of nitrogen functional groups attached to an aromatic ring is 1. The molecule has 0 aliphatic heterocycles. The van der Waals surface area contributed by atoms with Crippen molar-refractivity contribution >= 4 is 23.3 Å². The van der Waals surface area contributed by atoms with Crippen LogP contribution in [-0.2, 0) is 0 Å². The van der Waals surface area contributed by atoms with Gasteiger partial charge >= 0.3 is 0 Å². The van der Waals surface area contributed by atoms with Crippen LogP contribution >= 0.6 is 11.6 Å². The first kappa shape index (κ1) is 13.1. The molecule has 0 saturated heterocycles. The summed E-state index contributed by atoms with van der Waals surface area (Å²) in [6, 6.07) is 3.35. The van der Waals surface area contributed by atoms with Crippen LogP contribution < -0.4 is 11.1 Å². The van der Waals surface area contributed by atoms with Crippen molar-refractivity contribution in [3.8, 4) is 0 Å². The monoisotopic (exact) mass is 267 g/mol. The minimum absolute atomic E-state index is 0.120. The number of amides is 1. The van der Waals surface area contributed by atoms with Crippen LogP contribution in [0.1, 0.15) is 43.0 Å². The smallest absolute Gasteiger partial charge is 0.251 e. The predicted molar refractivity (Wildman–Crippen MR) is 72.5 cm³/mol. The number of halogens is 1. The van der Waals surface area contributed by atoms with Crippen LogP contribution in [0.5, 0.6) is 0 Å². The van der Waals surface area contributed by atoms with Gasteiger partial charge in [-0.2, -0.15) is 0 Å². The zero-order valence-corrected chi connectivity index (χ0v) is 11.2. The molecule has 1 heterocycles. The van der Waals surface area contributed by atoms with E-state index in [1.165, 1.54) is 12.8 Å². The van der Waals surface area contributed by atoms with Crippen LogP contribution in [0.15, 0.2) is 12.1 Å². The maximum atomic E-state index is 12.0. The van der Waals surface area contributed by atoms with Crippen LogP contribution in [0.2, 0.25) is 5.15 Å². The fraction of sp³-hybridized carbons (Fsp3) is 0.538. The molecule has 0 radical (unpaired) electrons. The second kappa shape index (κ2) is 5.57. The molecule has 1 aliphatic rings. The summed E-state index contributed by atoms with van der Waals surface area (Å²) in [4.78, 5) is 15.9. The Bertz CT molecular complexity index is 422. The largest absolute Gasteiger partial charge is 0.384 e. The minimum Gasteiger partial charge on any atom is -0.384 e. The van der Waals surface area contributed by atoms with E-state index in [2.05, 4.69) is 17.2 Å². The van der Waals surface area contributed by atoms with E-state index >= 15 is 0 Å². The summed E-state index contributed by atoms with van der Waals surface area (Å²) < 4.78 is 0. The van der Waals surface area contributed by atoms with Gasteiger partial charge in [-0.25, -0.2) is 4.98 Å². The average molecular weight is 268 g/mol. The summed E-state index contributed by atoms with van der Waals surface area (Å²) >= 11 is 5.78. The average Bonchev–Trinajstić information content (AvgIpc) is 2.31. The van der Waals surface area contributed by atoms with Gasteiger partial charge in [0, 0.05) is 11.6 Å². The Hall–Kier alpha value is -1.29. The molecule has 0 spiro atoms. The van der Waals surface area contributed by atoms with Gasteiger partial charge in [-0.15, -0.1) is 0 Å². The molecule has 1 aromatic heterocycles. The number of anilines is 1. The van der Waals surface area contributed by atoms with Crippen molar-refractivity contribution in [1.29, 1.82) is 0 Å². The Morgan fingerprint density at radius 2 is 2.06 bits per heavy atom. The third kappa shape index (κ3) is 3.35. The highest BCUT2D eigenvalue weighted by molar-refractivity contribution is 6.29. The molecule has 2 rings (SSSR count). The van der Waals surface area contributed by atoms with Crippen LogP contribution in [0.3, 0.4) is 0 Å². The Kier molecular flexibility index (Phi) is 4.07. The van der Waals surface area contributed by atoms with E-state index in [1.54, 1.807) is 12.1 Å². The molecule has 3 N–H and O–H groups in total. The molecular weight excluding hydrogens is 250 g/mol. The minimum atomic E-state index is -0.120. The van der Waals surface area contributed by atoms with Crippen molar-refractivity contribution in [3.05, 3.63) is 22.8 Å². The fourth-order valence-corrected chi connectivity index (χ4v) is 2.54. The van der Waals surface area contributed by atoms with Crippen LogP contribution in [0.25, 0.3) is 0 Å². The number of rotatable bonds is 2. The normalized spacial score (nSPS) is 23.7. The number of pyridine rings is 1. The molecular formula is C13H18ClN3O. The molecule has 1 fully saturated rings. The summed E-state index contributed by atoms with van der Waals surface area (Å²) in [6.45, 7) is 2.25. The molecule has 0 aromatic carbocycles. The molecule has 4 nitrogen and oxygen atoms in total. The Morgan fingerprint density at radius 3 is 2.67 bits per heavy atom. The van der Waals surface area contributed by atoms with Crippen molar-refractivity contribution in [2.24, 2.45) is 5.92 Å². The van der Waals surface area contributed by atoms with Crippen LogP contribution in [0, 0.1) is 5.92 Å². The number of carbonyl (C=O) groups excluding carboxylic acids is 1. The number of nitrogens with zero attached hydrogens (tertiary/aromatic N) is 1. The van der Waals surface area contributed by atoms with Gasteiger partial charge in [-0.1, -0.05) is 18.5 Å². The predicted octanol–water partition coefficient (Wildman–Crippen LogP) is 2.63. The van der Waals surface area contributed by atoms with Gasteiger partial charge in [0.05, 0.1) is 0 Å². The topological polar surface area (TPSA) is 68.0 Å². The lowest BCUT2D eigenvalue weighted by Gasteiger charge is -2.26. The quantitative estimate of drug-likeness (QED) is 0.810. The van der Waals surface area contributed by atoms with Crippen molar-refractivity contribution < 1.29 is 4.79 Å². The standard InChI is InChI=1S/C13H18ClN3O/c1-8-2-4-10(5-3-8)16-13(18)9-6-11(14)17-12(15)7-9/h6-8,10H,2-5H2,1H3,(H2,15,17)(H,16,18). The van der Waals surface area contributed by atoms with Crippen molar-refractivity contribution in [2.45, 2.75) is 38.6 Å². The Morgan fingerprint density at radius 1 is 1.39 bits per heavy atom. The number of nitrogens with one attached hydrogen (secondary N) is 1. The molecule has 5 heteroatoms. The second-order valence-electron chi connectivity index (χ2n) is 5.03. The molecule has 18 heavy (non-hydrogen) atoms. The van der Waals surface area contributed by atoms with E-state index in [1.807, 2.05) is 0 Å². The van der Waals surface area contributed by atoms with Gasteiger partial charge in [0.1, 0.15) is 11.0 Å². The third-order valence-electron chi connectivity index (χ3n) is 3.43. The van der Waals surface area contributed by atoms with Gasteiger partial charge in [-0.05, 0) is 43.7 Å². The molecule has 1 aromatic rings. The Balaban J connectivity index is 1.99. The van der Waals surface area contributed by atoms with E-state index in [0.29, 0.717) is 5.56 Å². The fourth-order valence-electron chi connectivity index (χ4n) is 2.32. The Labute approximate surface area is 112 Å². The van der Waals surface area contributed by atoms with E-state index in [9.17, 15) is 4.79 Å². The summed E-state index contributed by atoms with van der Waals surface area (Å²) in [5.74, 6) is 0.916. The van der Waals surface area contributed by atoms with Crippen molar-refractivity contribution in [3.63, 3.8) is 0 Å². The first-order chi connectivity index (χ1) is 8.54. The van der Waals surface area contributed by atoms with Crippen LogP contribution in [-0.4, -0.2) is 16.9 Å². The van der Waals surface area contributed by atoms with E-state index < -0.39 is 0 Å².